The molecule has 3 heterocycles. The van der Waals surface area contributed by atoms with Gasteiger partial charge in [0, 0.05) is 38.8 Å². The van der Waals surface area contributed by atoms with Crippen LogP contribution in [0.2, 0.25) is 0 Å². The maximum Gasteiger partial charge on any atom is 0.250 e. The van der Waals surface area contributed by atoms with Gasteiger partial charge in [-0.05, 0) is 36.2 Å². The first-order valence-corrected chi connectivity index (χ1v) is 11.2. The van der Waals surface area contributed by atoms with Gasteiger partial charge in [-0.25, -0.2) is 13.1 Å². The van der Waals surface area contributed by atoms with Crippen LogP contribution in [0.25, 0.3) is 0 Å². The Kier molecular flexibility index (Phi) is 5.38. The number of sulfonamides is 1. The van der Waals surface area contributed by atoms with Crippen molar-refractivity contribution >= 4 is 21.4 Å². The van der Waals surface area contributed by atoms with E-state index < -0.39 is 10.0 Å². The van der Waals surface area contributed by atoms with Crippen molar-refractivity contribution < 1.29 is 17.9 Å². The molecule has 27 heavy (non-hydrogen) atoms. The Labute approximate surface area is 163 Å². The Morgan fingerprint density at radius 3 is 2.67 bits per heavy atom. The molecule has 0 radical (unpaired) electrons. The molecule has 4 rings (SSSR count). The summed E-state index contributed by atoms with van der Waals surface area (Å²) >= 11 is 1.22. The van der Waals surface area contributed by atoms with Crippen LogP contribution in [0.1, 0.15) is 11.6 Å². The van der Waals surface area contributed by atoms with Crippen LogP contribution in [0.15, 0.2) is 39.9 Å². The number of benzene rings is 1. The van der Waals surface area contributed by atoms with E-state index in [1.165, 1.54) is 11.3 Å². The molecule has 1 fully saturated rings. The molecule has 146 valence electrons. The zero-order chi connectivity index (χ0) is 18.9. The van der Waals surface area contributed by atoms with Crippen molar-refractivity contribution in [2.75, 3.05) is 46.6 Å². The normalized spacial score (nSPS) is 19.3. The third kappa shape index (κ3) is 4.12. The minimum Gasteiger partial charge on any atom is -0.454 e. The summed E-state index contributed by atoms with van der Waals surface area (Å²) in [6, 6.07) is 9.16. The van der Waals surface area contributed by atoms with Crippen LogP contribution in [-0.2, 0) is 10.0 Å². The van der Waals surface area contributed by atoms with Gasteiger partial charge < -0.3 is 14.4 Å². The van der Waals surface area contributed by atoms with Gasteiger partial charge in [-0.15, -0.1) is 11.3 Å². The van der Waals surface area contributed by atoms with E-state index in [1.54, 1.807) is 17.5 Å². The Hall–Kier alpha value is -1.65. The van der Waals surface area contributed by atoms with Gasteiger partial charge in [-0.3, -0.25) is 4.90 Å². The van der Waals surface area contributed by atoms with Crippen molar-refractivity contribution in [1.82, 2.24) is 14.5 Å². The van der Waals surface area contributed by atoms with Gasteiger partial charge in [0.15, 0.2) is 11.5 Å². The second-order valence-electron chi connectivity index (χ2n) is 6.75. The number of piperazine rings is 1. The number of nitrogens with zero attached hydrogens (tertiary/aromatic N) is 2. The predicted molar refractivity (Wildman–Crippen MR) is 104 cm³/mol. The third-order valence-electron chi connectivity index (χ3n) is 4.99. The Balaban J connectivity index is 1.56. The molecule has 7 nitrogen and oxygen atoms in total. The lowest BCUT2D eigenvalue weighted by atomic mass is 10.0. The van der Waals surface area contributed by atoms with Gasteiger partial charge in [0.05, 0.1) is 0 Å². The molecule has 1 unspecified atom stereocenters. The first kappa shape index (κ1) is 18.7. The topological polar surface area (TPSA) is 71.1 Å². The Bertz CT molecular complexity index is 878. The number of hydrogen-bond donors (Lipinski definition) is 1. The van der Waals surface area contributed by atoms with E-state index in [9.17, 15) is 8.42 Å². The molecule has 0 bridgehead atoms. The van der Waals surface area contributed by atoms with Crippen molar-refractivity contribution in [3.05, 3.63) is 41.3 Å². The van der Waals surface area contributed by atoms with Gasteiger partial charge in [0.2, 0.25) is 16.8 Å². The minimum absolute atomic E-state index is 0.0667. The molecule has 2 aromatic rings. The van der Waals surface area contributed by atoms with Crippen molar-refractivity contribution in [2.24, 2.45) is 0 Å². The second-order valence-corrected chi connectivity index (χ2v) is 9.69. The van der Waals surface area contributed by atoms with Gasteiger partial charge in [-0.1, -0.05) is 12.1 Å². The predicted octanol–water partition coefficient (Wildman–Crippen LogP) is 1.74. The fourth-order valence-electron chi connectivity index (χ4n) is 3.39. The maximum absolute atomic E-state index is 12.6. The summed E-state index contributed by atoms with van der Waals surface area (Å²) in [4.78, 5) is 4.61. The third-order valence-corrected chi connectivity index (χ3v) is 7.81. The Morgan fingerprint density at radius 2 is 1.93 bits per heavy atom. The largest absolute Gasteiger partial charge is 0.454 e. The highest BCUT2D eigenvalue weighted by Gasteiger charge is 2.27. The number of thiophene rings is 1. The number of fused-ring (bicyclic) bond motifs is 1. The molecular weight excluding hydrogens is 386 g/mol. The van der Waals surface area contributed by atoms with Gasteiger partial charge in [0.25, 0.3) is 0 Å². The van der Waals surface area contributed by atoms with Crippen molar-refractivity contribution in [1.29, 1.82) is 0 Å². The standard InChI is InChI=1S/C18H23N3O4S2/c1-20-6-8-21(9-7-20)15(12-19-27(22,23)18-3-2-10-26-18)14-4-5-16-17(11-14)25-13-24-16/h2-5,10-11,15,19H,6-9,12-13H2,1H3. The number of likely N-dealkylation sites (N-methyl/N-ethyl adjacent to an activating group) is 1. The summed E-state index contributed by atoms with van der Waals surface area (Å²) in [5.41, 5.74) is 1.03. The molecule has 1 atom stereocenters. The second kappa shape index (κ2) is 7.76. The average Bonchev–Trinajstić information content (AvgIpc) is 3.35. The fourth-order valence-corrected chi connectivity index (χ4v) is 5.46. The monoisotopic (exact) mass is 409 g/mol. The SMILES string of the molecule is CN1CCN(C(CNS(=O)(=O)c2cccs2)c2ccc3c(c2)OCO3)CC1. The zero-order valence-electron chi connectivity index (χ0n) is 15.1. The molecule has 0 amide bonds. The molecule has 1 N–H and O–H groups in total. The minimum atomic E-state index is -3.51. The van der Waals surface area contributed by atoms with Crippen LogP contribution in [0.4, 0.5) is 0 Å². The van der Waals surface area contributed by atoms with E-state index in [-0.39, 0.29) is 12.8 Å². The van der Waals surface area contributed by atoms with Crippen molar-refractivity contribution in [2.45, 2.75) is 10.3 Å². The molecular formula is C18H23N3O4S2. The van der Waals surface area contributed by atoms with E-state index in [0.717, 1.165) is 37.5 Å². The molecule has 0 aliphatic carbocycles. The summed E-state index contributed by atoms with van der Waals surface area (Å²) in [7, 11) is -1.40. The van der Waals surface area contributed by atoms with E-state index in [0.29, 0.717) is 16.5 Å². The highest BCUT2D eigenvalue weighted by molar-refractivity contribution is 7.91. The van der Waals surface area contributed by atoms with Crippen LogP contribution in [0.5, 0.6) is 11.5 Å². The van der Waals surface area contributed by atoms with Crippen LogP contribution in [0, 0.1) is 0 Å². The van der Waals surface area contributed by atoms with Crippen LogP contribution >= 0.6 is 11.3 Å². The van der Waals surface area contributed by atoms with Gasteiger partial charge >= 0.3 is 0 Å². The summed E-state index contributed by atoms with van der Waals surface area (Å²) in [5, 5.41) is 1.77. The number of rotatable bonds is 6. The lowest BCUT2D eigenvalue weighted by Crippen LogP contribution is -2.48. The molecule has 1 saturated heterocycles. The Morgan fingerprint density at radius 1 is 1.15 bits per heavy atom. The van der Waals surface area contributed by atoms with Crippen LogP contribution in [0.3, 0.4) is 0 Å². The van der Waals surface area contributed by atoms with Gasteiger partial charge in [-0.2, -0.15) is 0 Å². The van der Waals surface area contributed by atoms with Crippen LogP contribution in [-0.4, -0.2) is 64.8 Å². The fraction of sp³-hybridized carbons (Fsp3) is 0.444. The quantitative estimate of drug-likeness (QED) is 0.784. The summed E-state index contributed by atoms with van der Waals surface area (Å²) in [6.45, 7) is 4.22. The molecule has 0 spiro atoms. The highest BCUT2D eigenvalue weighted by Crippen LogP contribution is 2.35. The van der Waals surface area contributed by atoms with Crippen molar-refractivity contribution in [3.8, 4) is 11.5 Å². The molecule has 9 heteroatoms. The molecule has 2 aliphatic rings. The van der Waals surface area contributed by atoms with E-state index in [1.807, 2.05) is 18.2 Å². The maximum atomic E-state index is 12.6. The molecule has 2 aliphatic heterocycles. The number of nitrogens with one attached hydrogen (secondary N) is 1. The van der Waals surface area contributed by atoms with Crippen LogP contribution < -0.4 is 14.2 Å². The lowest BCUT2D eigenvalue weighted by Gasteiger charge is -2.38. The summed E-state index contributed by atoms with van der Waals surface area (Å²) in [5.74, 6) is 1.45. The van der Waals surface area contributed by atoms with E-state index in [4.69, 9.17) is 9.47 Å². The van der Waals surface area contributed by atoms with Gasteiger partial charge in [0.1, 0.15) is 4.21 Å². The smallest absolute Gasteiger partial charge is 0.250 e. The summed E-state index contributed by atoms with van der Waals surface area (Å²) < 4.78 is 39.2. The van der Waals surface area contributed by atoms with E-state index >= 15 is 0 Å². The van der Waals surface area contributed by atoms with E-state index in [2.05, 4.69) is 21.6 Å². The highest BCUT2D eigenvalue weighted by atomic mass is 32.2. The first-order chi connectivity index (χ1) is 13.0. The summed E-state index contributed by atoms with van der Waals surface area (Å²) in [6.07, 6.45) is 0. The lowest BCUT2D eigenvalue weighted by molar-refractivity contribution is 0.112. The zero-order valence-corrected chi connectivity index (χ0v) is 16.8. The first-order valence-electron chi connectivity index (χ1n) is 8.88. The molecule has 1 aromatic carbocycles. The number of hydrogen-bond acceptors (Lipinski definition) is 7. The molecule has 0 saturated carbocycles. The average molecular weight is 410 g/mol. The van der Waals surface area contributed by atoms with Crippen molar-refractivity contribution in [3.63, 3.8) is 0 Å². The number of ether oxygens (including phenoxy) is 2. The molecule has 1 aromatic heterocycles.